The highest BCUT2D eigenvalue weighted by molar-refractivity contribution is 5.89. The van der Waals surface area contributed by atoms with E-state index in [9.17, 15) is 14.4 Å². The van der Waals surface area contributed by atoms with E-state index in [2.05, 4.69) is 0 Å². The summed E-state index contributed by atoms with van der Waals surface area (Å²) in [5, 5.41) is 8.88. The molecule has 1 aromatic rings. The van der Waals surface area contributed by atoms with Crippen molar-refractivity contribution < 1.29 is 24.2 Å². The van der Waals surface area contributed by atoms with Crippen LogP contribution in [0.15, 0.2) is 30.3 Å². The Morgan fingerprint density at radius 2 is 1.96 bits per heavy atom. The van der Waals surface area contributed by atoms with Crippen LogP contribution in [0.5, 0.6) is 0 Å². The number of ether oxygens (including phenoxy) is 1. The van der Waals surface area contributed by atoms with Gasteiger partial charge in [0.25, 0.3) is 0 Å². The molecular weight excluding hydrogens is 324 g/mol. The fraction of sp³-hybridized carbons (Fsp3) is 0.500. The Hall–Kier alpha value is -2.41. The van der Waals surface area contributed by atoms with Gasteiger partial charge in [-0.25, -0.2) is 0 Å². The SMILES string of the molecule is O=C(O)C[C@H]1CN(C(=O)[C@@H]2CC(=O)N(Cc3ccccc3)C2)CCO1. The molecule has 2 atom stereocenters. The van der Waals surface area contributed by atoms with Crippen LogP contribution in [0.2, 0.25) is 0 Å². The first-order chi connectivity index (χ1) is 12.0. The number of hydrogen-bond donors (Lipinski definition) is 1. The number of carbonyl (C=O) groups is 3. The van der Waals surface area contributed by atoms with Crippen LogP contribution in [0.1, 0.15) is 18.4 Å². The number of nitrogens with zero attached hydrogens (tertiary/aromatic N) is 2. The van der Waals surface area contributed by atoms with E-state index in [1.54, 1.807) is 9.80 Å². The minimum atomic E-state index is -0.940. The van der Waals surface area contributed by atoms with E-state index >= 15 is 0 Å². The maximum absolute atomic E-state index is 12.7. The van der Waals surface area contributed by atoms with Crippen LogP contribution in [0.4, 0.5) is 0 Å². The molecule has 2 fully saturated rings. The van der Waals surface area contributed by atoms with E-state index in [1.165, 1.54) is 0 Å². The quantitative estimate of drug-likeness (QED) is 0.850. The molecule has 7 nitrogen and oxygen atoms in total. The number of carboxylic acids is 1. The van der Waals surface area contributed by atoms with Crippen LogP contribution in [-0.2, 0) is 25.7 Å². The molecule has 1 aromatic carbocycles. The third-order valence-electron chi connectivity index (χ3n) is 4.63. The summed E-state index contributed by atoms with van der Waals surface area (Å²) in [6, 6.07) is 9.69. The summed E-state index contributed by atoms with van der Waals surface area (Å²) < 4.78 is 5.40. The molecule has 0 saturated carbocycles. The van der Waals surface area contributed by atoms with Crippen LogP contribution in [-0.4, -0.2) is 65.0 Å². The van der Waals surface area contributed by atoms with E-state index in [0.29, 0.717) is 26.2 Å². The van der Waals surface area contributed by atoms with Gasteiger partial charge in [0, 0.05) is 32.6 Å². The molecule has 2 saturated heterocycles. The maximum Gasteiger partial charge on any atom is 0.306 e. The molecule has 2 aliphatic rings. The average Bonchev–Trinajstić information content (AvgIpc) is 2.95. The van der Waals surface area contributed by atoms with Crippen molar-refractivity contribution in [2.24, 2.45) is 5.92 Å². The second kappa shape index (κ2) is 7.65. The molecule has 134 valence electrons. The van der Waals surface area contributed by atoms with Gasteiger partial charge in [-0.05, 0) is 5.56 Å². The first-order valence-corrected chi connectivity index (χ1v) is 8.47. The van der Waals surface area contributed by atoms with E-state index < -0.39 is 12.1 Å². The lowest BCUT2D eigenvalue weighted by atomic mass is 10.1. The Morgan fingerprint density at radius 3 is 2.68 bits per heavy atom. The topological polar surface area (TPSA) is 87.2 Å². The molecule has 2 aliphatic heterocycles. The van der Waals surface area contributed by atoms with Gasteiger partial charge in [-0.2, -0.15) is 0 Å². The number of benzene rings is 1. The summed E-state index contributed by atoms with van der Waals surface area (Å²) in [5.74, 6) is -1.40. The number of aliphatic carboxylic acids is 1. The summed E-state index contributed by atoms with van der Waals surface area (Å²) in [4.78, 5) is 39.1. The molecule has 0 spiro atoms. The number of carbonyl (C=O) groups excluding carboxylic acids is 2. The molecule has 0 unspecified atom stereocenters. The van der Waals surface area contributed by atoms with Crippen molar-refractivity contribution in [2.75, 3.05) is 26.2 Å². The highest BCUT2D eigenvalue weighted by atomic mass is 16.5. The summed E-state index contributed by atoms with van der Waals surface area (Å²) >= 11 is 0. The van der Waals surface area contributed by atoms with Crippen molar-refractivity contribution in [2.45, 2.75) is 25.5 Å². The fourth-order valence-electron chi connectivity index (χ4n) is 3.39. The third-order valence-corrected chi connectivity index (χ3v) is 4.63. The van der Waals surface area contributed by atoms with E-state index in [0.717, 1.165) is 5.56 Å². The predicted molar refractivity (Wildman–Crippen MR) is 88.5 cm³/mol. The summed E-state index contributed by atoms with van der Waals surface area (Å²) in [6.45, 7) is 1.96. The molecule has 1 N–H and O–H groups in total. The zero-order chi connectivity index (χ0) is 17.8. The van der Waals surface area contributed by atoms with Gasteiger partial charge < -0.3 is 19.6 Å². The van der Waals surface area contributed by atoms with Crippen LogP contribution in [0.25, 0.3) is 0 Å². The number of carboxylic acid groups (broad SMARTS) is 1. The van der Waals surface area contributed by atoms with Crippen molar-refractivity contribution in [3.8, 4) is 0 Å². The molecule has 25 heavy (non-hydrogen) atoms. The predicted octanol–water partition coefficient (Wildman–Crippen LogP) is 0.737. The maximum atomic E-state index is 12.7. The minimum absolute atomic E-state index is 0.0162. The third kappa shape index (κ3) is 4.36. The summed E-state index contributed by atoms with van der Waals surface area (Å²) in [5.41, 5.74) is 1.04. The van der Waals surface area contributed by atoms with Crippen molar-refractivity contribution in [1.29, 1.82) is 0 Å². The average molecular weight is 346 g/mol. The van der Waals surface area contributed by atoms with E-state index in [1.807, 2.05) is 30.3 Å². The molecule has 2 amide bonds. The zero-order valence-corrected chi connectivity index (χ0v) is 14.0. The van der Waals surface area contributed by atoms with Gasteiger partial charge in [0.2, 0.25) is 11.8 Å². The highest BCUT2D eigenvalue weighted by Gasteiger charge is 2.38. The Kier molecular flexibility index (Phi) is 5.33. The smallest absolute Gasteiger partial charge is 0.306 e. The van der Waals surface area contributed by atoms with Gasteiger partial charge >= 0.3 is 5.97 Å². The van der Waals surface area contributed by atoms with Crippen molar-refractivity contribution in [1.82, 2.24) is 9.80 Å². The van der Waals surface area contributed by atoms with Gasteiger partial charge in [-0.1, -0.05) is 30.3 Å². The molecule has 7 heteroatoms. The Labute approximate surface area is 146 Å². The first-order valence-electron chi connectivity index (χ1n) is 8.47. The van der Waals surface area contributed by atoms with Gasteiger partial charge in [0.05, 0.1) is 25.0 Å². The Bertz CT molecular complexity index is 648. The molecule has 0 aliphatic carbocycles. The fourth-order valence-corrected chi connectivity index (χ4v) is 3.39. The molecule has 0 bridgehead atoms. The molecule has 0 aromatic heterocycles. The normalized spacial score (nSPS) is 23.8. The van der Waals surface area contributed by atoms with Gasteiger partial charge in [-0.15, -0.1) is 0 Å². The van der Waals surface area contributed by atoms with Crippen molar-refractivity contribution in [3.63, 3.8) is 0 Å². The molecule has 3 rings (SSSR count). The largest absolute Gasteiger partial charge is 0.481 e. The Morgan fingerprint density at radius 1 is 1.20 bits per heavy atom. The summed E-state index contributed by atoms with van der Waals surface area (Å²) in [7, 11) is 0. The second-order valence-electron chi connectivity index (χ2n) is 6.54. The van der Waals surface area contributed by atoms with Crippen LogP contribution in [0.3, 0.4) is 0 Å². The van der Waals surface area contributed by atoms with Gasteiger partial charge in [0.15, 0.2) is 0 Å². The number of hydrogen-bond acceptors (Lipinski definition) is 4. The number of rotatable bonds is 5. The molecule has 2 heterocycles. The molecule has 0 radical (unpaired) electrons. The van der Waals surface area contributed by atoms with Gasteiger partial charge in [-0.3, -0.25) is 14.4 Å². The monoisotopic (exact) mass is 346 g/mol. The standard InChI is InChI=1S/C18H22N2O5/c21-16-8-14(11-20(16)10-13-4-2-1-3-5-13)18(24)19-6-7-25-15(12-19)9-17(22)23/h1-5,14-15H,6-12H2,(H,22,23)/t14-,15+/m1/s1. The van der Waals surface area contributed by atoms with E-state index in [4.69, 9.17) is 9.84 Å². The number of amides is 2. The van der Waals surface area contributed by atoms with Crippen LogP contribution < -0.4 is 0 Å². The highest BCUT2D eigenvalue weighted by Crippen LogP contribution is 2.23. The van der Waals surface area contributed by atoms with Crippen molar-refractivity contribution in [3.05, 3.63) is 35.9 Å². The lowest BCUT2D eigenvalue weighted by Crippen LogP contribution is -2.48. The lowest BCUT2D eigenvalue weighted by molar-refractivity contribution is -0.149. The number of likely N-dealkylation sites (tertiary alicyclic amines) is 1. The van der Waals surface area contributed by atoms with Crippen LogP contribution >= 0.6 is 0 Å². The minimum Gasteiger partial charge on any atom is -0.481 e. The number of morpholine rings is 1. The van der Waals surface area contributed by atoms with Gasteiger partial charge in [0.1, 0.15) is 0 Å². The Balaban J connectivity index is 1.57. The zero-order valence-electron chi connectivity index (χ0n) is 14.0. The lowest BCUT2D eigenvalue weighted by Gasteiger charge is -2.33. The second-order valence-corrected chi connectivity index (χ2v) is 6.54. The van der Waals surface area contributed by atoms with Crippen LogP contribution in [0, 0.1) is 5.92 Å². The van der Waals surface area contributed by atoms with Crippen molar-refractivity contribution >= 4 is 17.8 Å². The van der Waals surface area contributed by atoms with E-state index in [-0.39, 0.29) is 37.1 Å². The molecular formula is C18H22N2O5. The first kappa shape index (κ1) is 17.4. The summed E-state index contributed by atoms with van der Waals surface area (Å²) in [6.07, 6.45) is -0.382.